The number of nitrogens with zero attached hydrogens (tertiary/aromatic N) is 1. The fourth-order valence-electron chi connectivity index (χ4n) is 1.60. The lowest BCUT2D eigenvalue weighted by atomic mass is 10.0. The fourth-order valence-corrected chi connectivity index (χ4v) is 1.60. The van der Waals surface area contributed by atoms with Crippen molar-refractivity contribution >= 4 is 11.6 Å². The van der Waals surface area contributed by atoms with Crippen LogP contribution in [0.5, 0.6) is 5.75 Å². The zero-order valence-electron chi connectivity index (χ0n) is 10.4. The Morgan fingerprint density at radius 2 is 2.00 bits per heavy atom. The van der Waals surface area contributed by atoms with E-state index >= 15 is 0 Å². The molecule has 94 valence electrons. The van der Waals surface area contributed by atoms with E-state index < -0.39 is 0 Å². The van der Waals surface area contributed by atoms with Crippen molar-refractivity contribution < 1.29 is 9.90 Å². The van der Waals surface area contributed by atoms with Crippen LogP contribution >= 0.6 is 0 Å². The molecule has 0 saturated heterocycles. The van der Waals surface area contributed by atoms with E-state index in [4.69, 9.17) is 5.73 Å². The molecule has 1 unspecified atom stereocenters. The lowest BCUT2D eigenvalue weighted by Gasteiger charge is -2.20. The van der Waals surface area contributed by atoms with E-state index in [0.29, 0.717) is 13.0 Å². The zero-order chi connectivity index (χ0) is 12.8. The molecule has 0 saturated carbocycles. The number of aromatic hydroxyl groups is 1. The average Bonchev–Trinajstić information content (AvgIpc) is 2.35. The first-order chi connectivity index (χ1) is 8.08. The Bertz CT molecular complexity index is 358. The highest BCUT2D eigenvalue weighted by Gasteiger charge is 2.15. The molecular formula is C13H20N2O2. The third-order valence-electron chi connectivity index (χ3n) is 2.99. The molecule has 0 radical (unpaired) electrons. The number of hydrogen-bond donors (Lipinski definition) is 2. The summed E-state index contributed by atoms with van der Waals surface area (Å²) >= 11 is 0. The van der Waals surface area contributed by atoms with Crippen LogP contribution < -0.4 is 10.6 Å². The first kappa shape index (κ1) is 13.5. The van der Waals surface area contributed by atoms with Crippen LogP contribution in [-0.2, 0) is 4.79 Å². The molecule has 1 rings (SSSR count). The van der Waals surface area contributed by atoms with Gasteiger partial charge in [0.1, 0.15) is 5.75 Å². The Morgan fingerprint density at radius 1 is 1.41 bits per heavy atom. The average molecular weight is 236 g/mol. The molecule has 1 amide bonds. The van der Waals surface area contributed by atoms with Gasteiger partial charge in [-0.05, 0) is 36.7 Å². The summed E-state index contributed by atoms with van der Waals surface area (Å²) in [7, 11) is 1.73. The van der Waals surface area contributed by atoms with Gasteiger partial charge in [0.2, 0.25) is 5.91 Å². The van der Waals surface area contributed by atoms with Gasteiger partial charge < -0.3 is 15.7 Å². The van der Waals surface area contributed by atoms with Crippen LogP contribution in [-0.4, -0.2) is 24.6 Å². The maximum Gasteiger partial charge on any atom is 0.227 e. The van der Waals surface area contributed by atoms with Gasteiger partial charge in [-0.15, -0.1) is 0 Å². The molecule has 4 nitrogen and oxygen atoms in total. The summed E-state index contributed by atoms with van der Waals surface area (Å²) in [6.07, 6.45) is 1.37. The van der Waals surface area contributed by atoms with Crippen molar-refractivity contribution in [1.82, 2.24) is 0 Å². The molecule has 1 aromatic rings. The lowest BCUT2D eigenvalue weighted by Crippen LogP contribution is -2.30. The van der Waals surface area contributed by atoms with Gasteiger partial charge >= 0.3 is 0 Å². The molecule has 0 aromatic heterocycles. The predicted octanol–water partition coefficient (Wildman–Crippen LogP) is 1.73. The van der Waals surface area contributed by atoms with Crippen molar-refractivity contribution in [2.45, 2.75) is 19.8 Å². The Kier molecular flexibility index (Phi) is 4.97. The Hall–Kier alpha value is -1.55. The van der Waals surface area contributed by atoms with Crippen LogP contribution in [0.2, 0.25) is 0 Å². The van der Waals surface area contributed by atoms with Crippen LogP contribution in [0.15, 0.2) is 24.3 Å². The van der Waals surface area contributed by atoms with Gasteiger partial charge in [-0.1, -0.05) is 13.3 Å². The molecule has 0 heterocycles. The summed E-state index contributed by atoms with van der Waals surface area (Å²) in [5, 5.41) is 9.18. The maximum absolute atomic E-state index is 12.0. The topological polar surface area (TPSA) is 66.6 Å². The minimum Gasteiger partial charge on any atom is -0.508 e. The molecule has 0 aliphatic rings. The van der Waals surface area contributed by atoms with Crippen LogP contribution in [0.4, 0.5) is 5.69 Å². The number of anilines is 1. The summed E-state index contributed by atoms with van der Waals surface area (Å²) in [5.41, 5.74) is 6.36. The molecule has 4 heteroatoms. The van der Waals surface area contributed by atoms with Crippen molar-refractivity contribution in [3.05, 3.63) is 24.3 Å². The first-order valence-electron chi connectivity index (χ1n) is 5.84. The molecule has 1 aromatic carbocycles. The monoisotopic (exact) mass is 236 g/mol. The lowest BCUT2D eigenvalue weighted by molar-refractivity contribution is -0.119. The summed E-state index contributed by atoms with van der Waals surface area (Å²) in [6, 6.07) is 6.58. The highest BCUT2D eigenvalue weighted by atomic mass is 16.3. The highest BCUT2D eigenvalue weighted by Crippen LogP contribution is 2.19. The number of carbonyl (C=O) groups is 1. The maximum atomic E-state index is 12.0. The van der Waals surface area contributed by atoms with Gasteiger partial charge in [0, 0.05) is 19.2 Å². The third-order valence-corrected chi connectivity index (χ3v) is 2.99. The fraction of sp³-hybridized carbons (Fsp3) is 0.462. The molecule has 0 fully saturated rings. The van der Waals surface area contributed by atoms with Gasteiger partial charge in [0.25, 0.3) is 0 Å². The molecule has 17 heavy (non-hydrogen) atoms. The zero-order valence-corrected chi connectivity index (χ0v) is 10.4. The van der Waals surface area contributed by atoms with Crippen LogP contribution in [0.3, 0.4) is 0 Å². The number of nitrogens with two attached hydrogens (primary N) is 1. The summed E-state index contributed by atoms with van der Waals surface area (Å²) in [5.74, 6) is 0.484. The molecule has 0 aliphatic heterocycles. The van der Waals surface area contributed by atoms with Gasteiger partial charge in [-0.2, -0.15) is 0 Å². The van der Waals surface area contributed by atoms with Gasteiger partial charge in [0.15, 0.2) is 0 Å². The smallest absolute Gasteiger partial charge is 0.227 e. The third kappa shape index (κ3) is 3.75. The number of phenolic OH excluding ortho intramolecular Hbond substituents is 1. The van der Waals surface area contributed by atoms with Crippen molar-refractivity contribution in [2.75, 3.05) is 18.5 Å². The molecule has 0 bridgehead atoms. The van der Waals surface area contributed by atoms with Crippen LogP contribution in [0.1, 0.15) is 19.8 Å². The summed E-state index contributed by atoms with van der Waals surface area (Å²) < 4.78 is 0. The number of phenols is 1. The van der Waals surface area contributed by atoms with Gasteiger partial charge in [0.05, 0.1) is 0 Å². The van der Waals surface area contributed by atoms with E-state index in [-0.39, 0.29) is 17.6 Å². The molecule has 0 spiro atoms. The second-order valence-electron chi connectivity index (χ2n) is 4.18. The normalized spacial score (nSPS) is 12.2. The molecular weight excluding hydrogens is 216 g/mol. The van der Waals surface area contributed by atoms with E-state index in [0.717, 1.165) is 12.1 Å². The minimum absolute atomic E-state index is 0.0491. The SMILES string of the molecule is CCC(CN)CC(=O)N(C)c1ccc(O)cc1. The second kappa shape index (κ2) is 6.25. The molecule has 3 N–H and O–H groups in total. The van der Waals surface area contributed by atoms with Crippen molar-refractivity contribution in [3.8, 4) is 5.75 Å². The van der Waals surface area contributed by atoms with E-state index in [2.05, 4.69) is 0 Å². The Labute approximate surface area is 102 Å². The number of carbonyl (C=O) groups excluding carboxylic acids is 1. The predicted molar refractivity (Wildman–Crippen MR) is 69.0 cm³/mol. The summed E-state index contributed by atoms with van der Waals surface area (Å²) in [6.45, 7) is 2.57. The Balaban J connectivity index is 2.66. The van der Waals surface area contributed by atoms with Gasteiger partial charge in [-0.25, -0.2) is 0 Å². The van der Waals surface area contributed by atoms with Crippen molar-refractivity contribution in [2.24, 2.45) is 11.7 Å². The quantitative estimate of drug-likeness (QED) is 0.818. The second-order valence-corrected chi connectivity index (χ2v) is 4.18. The van der Waals surface area contributed by atoms with E-state index in [9.17, 15) is 9.90 Å². The van der Waals surface area contributed by atoms with Crippen molar-refractivity contribution in [3.63, 3.8) is 0 Å². The largest absolute Gasteiger partial charge is 0.508 e. The Morgan fingerprint density at radius 3 is 2.47 bits per heavy atom. The van der Waals surface area contributed by atoms with Crippen LogP contribution in [0, 0.1) is 5.92 Å². The summed E-state index contributed by atoms with van der Waals surface area (Å²) in [4.78, 5) is 13.6. The number of hydrogen-bond acceptors (Lipinski definition) is 3. The van der Waals surface area contributed by atoms with E-state index in [1.165, 1.54) is 0 Å². The van der Waals surface area contributed by atoms with Crippen molar-refractivity contribution in [1.29, 1.82) is 0 Å². The number of rotatable bonds is 5. The van der Waals surface area contributed by atoms with Gasteiger partial charge in [-0.3, -0.25) is 4.79 Å². The van der Waals surface area contributed by atoms with E-state index in [1.54, 1.807) is 36.2 Å². The standard InChI is InChI=1S/C13H20N2O2/c1-3-10(9-14)8-13(17)15(2)11-4-6-12(16)7-5-11/h4-7,10,16H,3,8-9,14H2,1-2H3. The van der Waals surface area contributed by atoms with Crippen LogP contribution in [0.25, 0.3) is 0 Å². The molecule has 1 atom stereocenters. The molecule has 0 aliphatic carbocycles. The minimum atomic E-state index is 0.0491. The van der Waals surface area contributed by atoms with E-state index in [1.807, 2.05) is 6.92 Å². The first-order valence-corrected chi connectivity index (χ1v) is 5.84. The highest BCUT2D eigenvalue weighted by molar-refractivity contribution is 5.92. The number of benzene rings is 1. The number of amides is 1.